The molecule has 0 radical (unpaired) electrons. The molecule has 0 saturated carbocycles. The molecule has 3 aromatic rings. The van der Waals surface area contributed by atoms with Crippen molar-refractivity contribution in [2.75, 3.05) is 31.1 Å². The van der Waals surface area contributed by atoms with Crippen molar-refractivity contribution >= 4 is 22.8 Å². The van der Waals surface area contributed by atoms with E-state index in [2.05, 4.69) is 40.3 Å². The molecule has 6 nitrogen and oxygen atoms in total. The summed E-state index contributed by atoms with van der Waals surface area (Å²) in [6.07, 6.45) is 6.69. The second-order valence-electron chi connectivity index (χ2n) is 10.2. The molecule has 0 bridgehead atoms. The number of aromatic nitrogens is 1. The number of thiazole rings is 1. The molecule has 0 atom stereocenters. The Labute approximate surface area is 223 Å². The topological polar surface area (TPSA) is 69.5 Å². The number of likely N-dealkylation sites (tertiary alicyclic amines) is 1. The van der Waals surface area contributed by atoms with Gasteiger partial charge in [0.15, 0.2) is 5.13 Å². The number of hydrogen-bond donors (Lipinski definition) is 0. The van der Waals surface area contributed by atoms with Gasteiger partial charge in [-0.25, -0.2) is 4.98 Å². The number of anilines is 1. The number of benzene rings is 2. The van der Waals surface area contributed by atoms with Crippen molar-refractivity contribution in [3.8, 4) is 23.1 Å². The van der Waals surface area contributed by atoms with Gasteiger partial charge in [-0.2, -0.15) is 5.26 Å². The second-order valence-corrected chi connectivity index (χ2v) is 11.0. The molecule has 2 aliphatic rings. The molecule has 7 heteroatoms. The summed E-state index contributed by atoms with van der Waals surface area (Å²) in [5, 5.41) is 12.9. The lowest BCUT2D eigenvalue weighted by atomic mass is 9.99. The third kappa shape index (κ3) is 6.20. The average molecular weight is 515 g/mol. The summed E-state index contributed by atoms with van der Waals surface area (Å²) in [5.41, 5.74) is 5.76. The van der Waals surface area contributed by atoms with Crippen LogP contribution in [0.1, 0.15) is 54.4 Å². The van der Waals surface area contributed by atoms with E-state index < -0.39 is 0 Å². The Balaban J connectivity index is 1.29. The third-order valence-corrected chi connectivity index (χ3v) is 8.34. The highest BCUT2D eigenvalue weighted by Crippen LogP contribution is 2.36. The van der Waals surface area contributed by atoms with E-state index in [9.17, 15) is 10.1 Å². The molecule has 2 fully saturated rings. The Hall–Kier alpha value is -3.21. The minimum Gasteiger partial charge on any atom is -0.488 e. The fourth-order valence-corrected chi connectivity index (χ4v) is 6.09. The highest BCUT2D eigenvalue weighted by molar-refractivity contribution is 7.14. The zero-order valence-corrected chi connectivity index (χ0v) is 22.3. The molecule has 0 N–H and O–H groups in total. The van der Waals surface area contributed by atoms with Crippen LogP contribution in [0.2, 0.25) is 0 Å². The maximum atomic E-state index is 11.1. The number of rotatable bonds is 8. The van der Waals surface area contributed by atoms with E-state index in [-0.39, 0.29) is 5.92 Å². The van der Waals surface area contributed by atoms with E-state index in [4.69, 9.17) is 9.72 Å². The van der Waals surface area contributed by atoms with Gasteiger partial charge < -0.3 is 14.4 Å². The van der Waals surface area contributed by atoms with Gasteiger partial charge in [0.25, 0.3) is 0 Å². The van der Waals surface area contributed by atoms with Crippen molar-refractivity contribution < 1.29 is 9.53 Å². The highest BCUT2D eigenvalue weighted by atomic mass is 32.1. The normalized spacial score (nSPS) is 16.9. The summed E-state index contributed by atoms with van der Waals surface area (Å²) in [4.78, 5) is 20.8. The fourth-order valence-electron chi connectivity index (χ4n) is 5.21. The molecular formula is C30H34N4O2S. The van der Waals surface area contributed by atoms with Crippen molar-refractivity contribution in [1.29, 1.82) is 5.26 Å². The average Bonchev–Trinajstić information content (AvgIpc) is 3.43. The smallest absolute Gasteiger partial charge is 0.185 e. The van der Waals surface area contributed by atoms with Gasteiger partial charge in [0.2, 0.25) is 0 Å². The maximum absolute atomic E-state index is 11.1. The van der Waals surface area contributed by atoms with Gasteiger partial charge in [0.1, 0.15) is 18.6 Å². The number of aldehydes is 1. The van der Waals surface area contributed by atoms with Gasteiger partial charge in [0, 0.05) is 42.1 Å². The van der Waals surface area contributed by atoms with Crippen LogP contribution >= 0.6 is 11.3 Å². The summed E-state index contributed by atoms with van der Waals surface area (Å²) < 4.78 is 6.30. The number of carbonyl (C=O) groups excluding carboxylic acids is 1. The molecule has 0 unspecified atom stereocenters. The summed E-state index contributed by atoms with van der Waals surface area (Å²) >= 11 is 1.63. The summed E-state index contributed by atoms with van der Waals surface area (Å²) in [6, 6.07) is 14.7. The maximum Gasteiger partial charge on any atom is 0.185 e. The van der Waals surface area contributed by atoms with Crippen LogP contribution in [0.4, 0.5) is 5.13 Å². The van der Waals surface area contributed by atoms with Gasteiger partial charge in [-0.15, -0.1) is 11.3 Å². The molecule has 2 aliphatic heterocycles. The first kappa shape index (κ1) is 25.4. The number of hydrogen-bond acceptors (Lipinski definition) is 7. The molecular weight excluding hydrogens is 480 g/mol. The highest BCUT2D eigenvalue weighted by Gasteiger charge is 2.22. The lowest BCUT2D eigenvalue weighted by Gasteiger charge is -2.29. The largest absolute Gasteiger partial charge is 0.488 e. The summed E-state index contributed by atoms with van der Waals surface area (Å²) in [6.45, 7) is 7.29. The van der Waals surface area contributed by atoms with Crippen molar-refractivity contribution in [3.63, 3.8) is 0 Å². The van der Waals surface area contributed by atoms with E-state index in [0.717, 1.165) is 85.1 Å². The van der Waals surface area contributed by atoms with E-state index in [1.165, 1.54) is 24.8 Å². The van der Waals surface area contributed by atoms with Gasteiger partial charge in [-0.3, -0.25) is 4.90 Å². The fraction of sp³-hybridized carbons (Fsp3) is 0.433. The molecule has 1 aromatic heterocycles. The summed E-state index contributed by atoms with van der Waals surface area (Å²) in [7, 11) is 0. The van der Waals surface area contributed by atoms with Crippen molar-refractivity contribution in [2.45, 2.75) is 52.2 Å². The van der Waals surface area contributed by atoms with Crippen LogP contribution in [0.3, 0.4) is 0 Å². The first-order valence-corrected chi connectivity index (χ1v) is 14.1. The lowest BCUT2D eigenvalue weighted by molar-refractivity contribution is -0.111. The zero-order valence-electron chi connectivity index (χ0n) is 21.5. The molecule has 0 aliphatic carbocycles. The predicted molar refractivity (Wildman–Crippen MR) is 148 cm³/mol. The van der Waals surface area contributed by atoms with Crippen LogP contribution in [0.25, 0.3) is 11.3 Å². The molecule has 5 rings (SSSR count). The SMILES string of the molecule is Cc1ccc(OCc2ccc(CN3CCCCC3)cc2C#N)c(-c2csc(N3CCC(C=O)CC3)n2)c1. The van der Waals surface area contributed by atoms with Crippen molar-refractivity contribution in [3.05, 3.63) is 64.0 Å². The molecule has 0 spiro atoms. The molecule has 37 heavy (non-hydrogen) atoms. The first-order chi connectivity index (χ1) is 18.1. The molecule has 2 aromatic carbocycles. The van der Waals surface area contributed by atoms with Crippen molar-refractivity contribution in [1.82, 2.24) is 9.88 Å². The van der Waals surface area contributed by atoms with Gasteiger partial charge in [-0.1, -0.05) is 30.2 Å². The first-order valence-electron chi connectivity index (χ1n) is 13.3. The Morgan fingerprint density at radius 2 is 1.92 bits per heavy atom. The Morgan fingerprint density at radius 3 is 2.68 bits per heavy atom. The molecule has 192 valence electrons. The van der Waals surface area contributed by atoms with Crippen LogP contribution in [0, 0.1) is 24.2 Å². The minimum absolute atomic E-state index is 0.171. The minimum atomic E-state index is 0.171. The number of nitrogens with zero attached hydrogens (tertiary/aromatic N) is 4. The van der Waals surface area contributed by atoms with E-state index in [1.807, 2.05) is 24.3 Å². The standard InChI is InChI=1S/C30H34N4O2S/c1-22-5-8-29(27(15-22)28-21-37-30(32-28)34-13-9-23(19-35)10-14-34)36-20-25-7-6-24(16-26(25)17-31)18-33-11-3-2-4-12-33/h5-8,15-16,19,21,23H,2-4,9-14,18,20H2,1H3. The van der Waals surface area contributed by atoms with Crippen LogP contribution in [-0.2, 0) is 17.9 Å². The predicted octanol–water partition coefficient (Wildman–Crippen LogP) is 5.97. The number of nitriles is 1. The Morgan fingerprint density at radius 1 is 1.11 bits per heavy atom. The van der Waals surface area contributed by atoms with Crippen LogP contribution in [0.5, 0.6) is 5.75 Å². The Kier molecular flexibility index (Phi) is 8.18. The van der Waals surface area contributed by atoms with Crippen molar-refractivity contribution in [2.24, 2.45) is 5.92 Å². The second kappa shape index (κ2) is 11.9. The zero-order chi connectivity index (χ0) is 25.6. The molecule has 2 saturated heterocycles. The van der Waals surface area contributed by atoms with Crippen LogP contribution in [0.15, 0.2) is 41.8 Å². The third-order valence-electron chi connectivity index (χ3n) is 7.44. The van der Waals surface area contributed by atoms with Gasteiger partial charge >= 0.3 is 0 Å². The number of piperidine rings is 2. The van der Waals surface area contributed by atoms with Gasteiger partial charge in [0.05, 0.1) is 17.3 Å². The number of aryl methyl sites for hydroxylation is 1. The molecule has 0 amide bonds. The number of ether oxygens (including phenoxy) is 1. The molecule has 3 heterocycles. The van der Waals surface area contributed by atoms with E-state index in [1.54, 1.807) is 11.3 Å². The monoisotopic (exact) mass is 514 g/mol. The van der Waals surface area contributed by atoms with E-state index >= 15 is 0 Å². The Bertz CT molecular complexity index is 1270. The lowest BCUT2D eigenvalue weighted by Crippen LogP contribution is -2.33. The van der Waals surface area contributed by atoms with Crippen LogP contribution in [-0.4, -0.2) is 42.3 Å². The van der Waals surface area contributed by atoms with Crippen LogP contribution < -0.4 is 9.64 Å². The van der Waals surface area contributed by atoms with Gasteiger partial charge in [-0.05, 0) is 69.5 Å². The number of carbonyl (C=O) groups is 1. The van der Waals surface area contributed by atoms with E-state index in [0.29, 0.717) is 12.2 Å². The quantitative estimate of drug-likeness (QED) is 0.345. The summed E-state index contributed by atoms with van der Waals surface area (Å²) in [5.74, 6) is 0.938.